The van der Waals surface area contributed by atoms with Crippen LogP contribution >= 0.6 is 11.3 Å². The van der Waals surface area contributed by atoms with Gasteiger partial charge >= 0.3 is 0 Å². The number of rotatable bonds is 8. The van der Waals surface area contributed by atoms with Crippen molar-refractivity contribution in [3.05, 3.63) is 83.4 Å². The minimum Gasteiger partial charge on any atom is -0.457 e. The van der Waals surface area contributed by atoms with Crippen molar-refractivity contribution in [3.63, 3.8) is 0 Å². The lowest BCUT2D eigenvalue weighted by molar-refractivity contribution is 0.0376. The molecule has 0 bridgehead atoms. The van der Waals surface area contributed by atoms with E-state index in [1.54, 1.807) is 11.3 Å². The number of aryl methyl sites for hydroxylation is 2. The summed E-state index contributed by atoms with van der Waals surface area (Å²) in [7, 11) is 0. The monoisotopic (exact) mass is 501 g/mol. The lowest BCUT2D eigenvalue weighted by Gasteiger charge is -2.28. The van der Waals surface area contributed by atoms with Crippen molar-refractivity contribution in [2.45, 2.75) is 20.3 Å². The van der Waals surface area contributed by atoms with E-state index in [1.165, 1.54) is 5.56 Å². The third-order valence-corrected chi connectivity index (χ3v) is 7.64. The lowest BCUT2D eigenvalue weighted by Crippen LogP contribution is -2.39. The number of benzene rings is 3. The number of hydrogen-bond donors (Lipinski definition) is 0. The first-order chi connectivity index (χ1) is 17.6. The Labute approximate surface area is 216 Å². The van der Waals surface area contributed by atoms with Gasteiger partial charge < -0.3 is 9.47 Å². The number of carbonyl (C=O) groups is 1. The minimum absolute atomic E-state index is 0.100. The predicted octanol–water partition coefficient (Wildman–Crippen LogP) is 6.07. The van der Waals surface area contributed by atoms with Crippen LogP contribution in [0.4, 0.5) is 5.13 Å². The highest BCUT2D eigenvalue weighted by atomic mass is 32.1. The molecule has 0 atom stereocenters. The Bertz CT molecular complexity index is 1330. The molecule has 1 aliphatic heterocycles. The number of ether oxygens (including phenoxy) is 2. The number of para-hydroxylation sites is 2. The molecule has 1 aliphatic rings. The number of fused-ring (bicyclic) bond motifs is 1. The molecule has 36 heavy (non-hydrogen) atoms. The number of thiazole rings is 1. The van der Waals surface area contributed by atoms with Crippen LogP contribution in [0.2, 0.25) is 0 Å². The molecule has 1 saturated heterocycles. The number of nitrogens with zero attached hydrogens (tertiary/aromatic N) is 3. The van der Waals surface area contributed by atoms with Gasteiger partial charge in [0.15, 0.2) is 5.13 Å². The van der Waals surface area contributed by atoms with Gasteiger partial charge in [-0.05, 0) is 61.7 Å². The second kappa shape index (κ2) is 11.2. The zero-order chi connectivity index (χ0) is 24.9. The third-order valence-electron chi connectivity index (χ3n) is 6.60. The van der Waals surface area contributed by atoms with Crippen LogP contribution in [0, 0.1) is 13.8 Å². The minimum atomic E-state index is -0.100. The van der Waals surface area contributed by atoms with Gasteiger partial charge in [-0.1, -0.05) is 47.7 Å². The van der Waals surface area contributed by atoms with Gasteiger partial charge in [-0.25, -0.2) is 4.98 Å². The lowest BCUT2D eigenvalue weighted by atomic mass is 10.1. The normalized spacial score (nSPS) is 14.2. The smallest absolute Gasteiger partial charge is 0.263 e. The van der Waals surface area contributed by atoms with Crippen LogP contribution in [-0.4, -0.2) is 55.2 Å². The van der Waals surface area contributed by atoms with Gasteiger partial charge in [0, 0.05) is 26.2 Å². The summed E-state index contributed by atoms with van der Waals surface area (Å²) in [4.78, 5) is 23.2. The van der Waals surface area contributed by atoms with E-state index in [9.17, 15) is 4.79 Å². The number of morpholine rings is 1. The summed E-state index contributed by atoms with van der Waals surface area (Å²) in [5, 5.41) is 0.722. The largest absolute Gasteiger partial charge is 0.457 e. The average molecular weight is 502 g/mol. The number of hydrogen-bond acceptors (Lipinski definition) is 6. The Kier molecular flexibility index (Phi) is 7.60. The Balaban J connectivity index is 1.45. The van der Waals surface area contributed by atoms with Crippen molar-refractivity contribution in [1.29, 1.82) is 0 Å². The van der Waals surface area contributed by atoms with Gasteiger partial charge in [-0.2, -0.15) is 0 Å². The topological polar surface area (TPSA) is 54.9 Å². The average Bonchev–Trinajstić information content (AvgIpc) is 3.35. The first kappa shape index (κ1) is 24.4. The number of aromatic nitrogens is 1. The number of anilines is 1. The van der Waals surface area contributed by atoms with Crippen LogP contribution in [0.3, 0.4) is 0 Å². The first-order valence-corrected chi connectivity index (χ1v) is 13.2. The molecular formula is C29H31N3O3S. The Morgan fingerprint density at radius 2 is 1.78 bits per heavy atom. The number of amides is 1. The molecule has 0 unspecified atom stereocenters. The highest BCUT2D eigenvalue weighted by Crippen LogP contribution is 2.34. The fourth-order valence-electron chi connectivity index (χ4n) is 4.38. The SMILES string of the molecule is Cc1ccc2sc(N(CCCN3CCOCC3)C(=O)c3ccccc3Oc3ccccc3)nc2c1C. The van der Waals surface area contributed by atoms with Crippen LogP contribution in [0.15, 0.2) is 66.7 Å². The van der Waals surface area contributed by atoms with Gasteiger partial charge in [-0.15, -0.1) is 0 Å². The van der Waals surface area contributed by atoms with E-state index in [0.29, 0.717) is 23.6 Å². The zero-order valence-corrected chi connectivity index (χ0v) is 21.6. The summed E-state index contributed by atoms with van der Waals surface area (Å²) in [5.74, 6) is 1.14. The summed E-state index contributed by atoms with van der Waals surface area (Å²) in [6.07, 6.45) is 0.849. The van der Waals surface area contributed by atoms with Crippen LogP contribution in [-0.2, 0) is 4.74 Å². The van der Waals surface area contributed by atoms with E-state index in [2.05, 4.69) is 30.9 Å². The molecule has 1 amide bonds. The summed E-state index contributed by atoms with van der Waals surface area (Å²) in [6.45, 7) is 9.08. The van der Waals surface area contributed by atoms with Crippen LogP contribution < -0.4 is 9.64 Å². The standard InChI is InChI=1S/C29H31N3O3S/c1-21-13-14-26-27(22(21)2)30-29(36-26)32(16-8-15-31-17-19-34-20-18-31)28(33)24-11-6-7-12-25(24)35-23-9-4-3-5-10-23/h3-7,9-14H,8,15-20H2,1-2H3. The van der Waals surface area contributed by atoms with Crippen molar-refractivity contribution in [3.8, 4) is 11.5 Å². The van der Waals surface area contributed by atoms with E-state index >= 15 is 0 Å². The molecule has 0 spiro atoms. The summed E-state index contributed by atoms with van der Waals surface area (Å²) in [5.41, 5.74) is 3.85. The van der Waals surface area contributed by atoms with Gasteiger partial charge in [0.25, 0.3) is 5.91 Å². The van der Waals surface area contributed by atoms with Crippen LogP contribution in [0.1, 0.15) is 27.9 Å². The highest BCUT2D eigenvalue weighted by Gasteiger charge is 2.25. The highest BCUT2D eigenvalue weighted by molar-refractivity contribution is 7.22. The third kappa shape index (κ3) is 5.43. The molecule has 4 aromatic rings. The molecular weight excluding hydrogens is 470 g/mol. The molecule has 3 aromatic carbocycles. The van der Waals surface area contributed by atoms with E-state index in [4.69, 9.17) is 14.5 Å². The van der Waals surface area contributed by atoms with Crippen molar-refractivity contribution in [2.24, 2.45) is 0 Å². The maximum atomic E-state index is 14.0. The van der Waals surface area contributed by atoms with Crippen molar-refractivity contribution < 1.29 is 14.3 Å². The zero-order valence-electron chi connectivity index (χ0n) is 20.8. The Morgan fingerprint density at radius 1 is 1.03 bits per heavy atom. The van der Waals surface area contributed by atoms with Gasteiger partial charge in [0.2, 0.25) is 0 Å². The first-order valence-electron chi connectivity index (χ1n) is 12.4. The maximum Gasteiger partial charge on any atom is 0.263 e. The van der Waals surface area contributed by atoms with E-state index in [1.807, 2.05) is 59.5 Å². The molecule has 0 N–H and O–H groups in total. The molecule has 0 radical (unpaired) electrons. The molecule has 0 aliphatic carbocycles. The van der Waals surface area contributed by atoms with Gasteiger partial charge in [0.05, 0.1) is 29.0 Å². The molecule has 186 valence electrons. The summed E-state index contributed by atoms with van der Waals surface area (Å²) in [6, 6.07) is 21.2. The Morgan fingerprint density at radius 3 is 2.58 bits per heavy atom. The van der Waals surface area contributed by atoms with Crippen molar-refractivity contribution in [1.82, 2.24) is 9.88 Å². The summed E-state index contributed by atoms with van der Waals surface area (Å²) >= 11 is 1.57. The molecule has 0 saturated carbocycles. The van der Waals surface area contributed by atoms with Crippen LogP contribution in [0.25, 0.3) is 10.2 Å². The van der Waals surface area contributed by atoms with Crippen molar-refractivity contribution >= 4 is 32.6 Å². The fraction of sp³-hybridized carbons (Fsp3) is 0.310. The predicted molar refractivity (Wildman–Crippen MR) is 146 cm³/mol. The molecule has 5 rings (SSSR count). The van der Waals surface area contributed by atoms with E-state index < -0.39 is 0 Å². The van der Waals surface area contributed by atoms with Gasteiger partial charge in [-0.3, -0.25) is 14.6 Å². The molecule has 7 heteroatoms. The molecule has 2 heterocycles. The fourth-order valence-corrected chi connectivity index (χ4v) is 5.43. The maximum absolute atomic E-state index is 14.0. The second-order valence-electron chi connectivity index (χ2n) is 9.03. The summed E-state index contributed by atoms with van der Waals surface area (Å²) < 4.78 is 12.7. The van der Waals surface area contributed by atoms with E-state index in [-0.39, 0.29) is 5.91 Å². The Hall–Kier alpha value is -3.26. The molecule has 6 nitrogen and oxygen atoms in total. The second-order valence-corrected chi connectivity index (χ2v) is 10.0. The van der Waals surface area contributed by atoms with Gasteiger partial charge in [0.1, 0.15) is 11.5 Å². The van der Waals surface area contributed by atoms with Crippen molar-refractivity contribution in [2.75, 3.05) is 44.3 Å². The number of carbonyl (C=O) groups excluding carboxylic acids is 1. The molecule has 1 aromatic heterocycles. The quantitative estimate of drug-likeness (QED) is 0.293. The molecule has 1 fully saturated rings. The van der Waals surface area contributed by atoms with E-state index in [0.717, 1.165) is 60.2 Å². The van der Waals surface area contributed by atoms with Crippen LogP contribution in [0.5, 0.6) is 11.5 Å².